The van der Waals surface area contributed by atoms with Crippen LogP contribution in [0.15, 0.2) is 42.5 Å². The Hall–Kier alpha value is -2.40. The molecular weight excluding hydrogens is 297 g/mol. The SMILES string of the molecule is O=C(Cc1cccc(Cl)c1)Nc1c(F)cccc1C(=O)O. The topological polar surface area (TPSA) is 66.4 Å². The summed E-state index contributed by atoms with van der Waals surface area (Å²) in [6, 6.07) is 10.2. The second-order valence-electron chi connectivity index (χ2n) is 4.32. The maximum absolute atomic E-state index is 13.7. The lowest BCUT2D eigenvalue weighted by Crippen LogP contribution is -2.18. The first-order valence-corrected chi connectivity index (χ1v) is 6.41. The van der Waals surface area contributed by atoms with Crippen molar-refractivity contribution in [2.45, 2.75) is 6.42 Å². The van der Waals surface area contributed by atoms with Gasteiger partial charge in [0.05, 0.1) is 17.7 Å². The van der Waals surface area contributed by atoms with Gasteiger partial charge >= 0.3 is 5.97 Å². The quantitative estimate of drug-likeness (QED) is 0.910. The maximum atomic E-state index is 13.7. The Bertz CT molecular complexity index is 703. The van der Waals surface area contributed by atoms with E-state index in [0.717, 1.165) is 6.07 Å². The molecule has 0 atom stereocenters. The van der Waals surface area contributed by atoms with E-state index in [1.165, 1.54) is 12.1 Å². The number of anilines is 1. The minimum atomic E-state index is -1.31. The Balaban J connectivity index is 2.18. The number of nitrogens with one attached hydrogen (secondary N) is 1. The number of halogens is 2. The summed E-state index contributed by atoms with van der Waals surface area (Å²) in [6.45, 7) is 0. The predicted octanol–water partition coefficient (Wildman–Crippen LogP) is 3.36. The molecule has 0 spiro atoms. The molecule has 4 nitrogen and oxygen atoms in total. The van der Waals surface area contributed by atoms with Crippen LogP contribution in [0, 0.1) is 5.82 Å². The van der Waals surface area contributed by atoms with Crippen LogP contribution in [0.5, 0.6) is 0 Å². The summed E-state index contributed by atoms with van der Waals surface area (Å²) >= 11 is 5.81. The van der Waals surface area contributed by atoms with Gasteiger partial charge in [0.15, 0.2) is 0 Å². The first-order valence-electron chi connectivity index (χ1n) is 6.03. The van der Waals surface area contributed by atoms with Gasteiger partial charge in [0, 0.05) is 5.02 Å². The van der Waals surface area contributed by atoms with Crippen molar-refractivity contribution in [1.29, 1.82) is 0 Å². The summed E-state index contributed by atoms with van der Waals surface area (Å²) in [5.74, 6) is -2.63. The number of hydrogen-bond acceptors (Lipinski definition) is 2. The van der Waals surface area contributed by atoms with Gasteiger partial charge in [0.25, 0.3) is 0 Å². The molecule has 0 aliphatic heterocycles. The Labute approximate surface area is 125 Å². The highest BCUT2D eigenvalue weighted by Gasteiger charge is 2.16. The summed E-state index contributed by atoms with van der Waals surface area (Å²) in [7, 11) is 0. The van der Waals surface area contributed by atoms with E-state index >= 15 is 0 Å². The van der Waals surface area contributed by atoms with Crippen LogP contribution in [0.1, 0.15) is 15.9 Å². The van der Waals surface area contributed by atoms with Gasteiger partial charge in [-0.1, -0.05) is 29.8 Å². The molecule has 2 N–H and O–H groups in total. The normalized spacial score (nSPS) is 10.2. The highest BCUT2D eigenvalue weighted by atomic mass is 35.5. The molecule has 0 fully saturated rings. The van der Waals surface area contributed by atoms with Crippen molar-refractivity contribution in [3.63, 3.8) is 0 Å². The number of rotatable bonds is 4. The Kier molecular flexibility index (Phi) is 4.55. The zero-order valence-corrected chi connectivity index (χ0v) is 11.5. The van der Waals surface area contributed by atoms with Crippen molar-refractivity contribution in [2.75, 3.05) is 5.32 Å². The number of carbonyl (C=O) groups is 2. The van der Waals surface area contributed by atoms with Crippen molar-refractivity contribution in [3.8, 4) is 0 Å². The van der Waals surface area contributed by atoms with Crippen LogP contribution in [0.3, 0.4) is 0 Å². The number of para-hydroxylation sites is 1. The van der Waals surface area contributed by atoms with Crippen molar-refractivity contribution in [1.82, 2.24) is 0 Å². The van der Waals surface area contributed by atoms with Crippen molar-refractivity contribution < 1.29 is 19.1 Å². The highest BCUT2D eigenvalue weighted by molar-refractivity contribution is 6.30. The second kappa shape index (κ2) is 6.37. The fourth-order valence-corrected chi connectivity index (χ4v) is 2.06. The molecule has 1 amide bonds. The number of amides is 1. The number of carboxylic acids is 1. The number of aromatic carboxylic acids is 1. The summed E-state index contributed by atoms with van der Waals surface area (Å²) in [4.78, 5) is 22.9. The van der Waals surface area contributed by atoms with Crippen LogP contribution in [-0.4, -0.2) is 17.0 Å². The number of carboxylic acid groups (broad SMARTS) is 1. The van der Waals surface area contributed by atoms with Crippen LogP contribution < -0.4 is 5.32 Å². The smallest absolute Gasteiger partial charge is 0.337 e. The molecule has 0 radical (unpaired) electrons. The first kappa shape index (κ1) is 15.0. The molecule has 21 heavy (non-hydrogen) atoms. The summed E-state index contributed by atoms with van der Waals surface area (Å²) < 4.78 is 13.7. The molecule has 0 unspecified atom stereocenters. The molecule has 0 aliphatic rings. The van der Waals surface area contributed by atoms with E-state index in [1.807, 2.05) is 0 Å². The minimum absolute atomic E-state index is 0.0338. The molecule has 2 aromatic carbocycles. The molecule has 108 valence electrons. The van der Waals surface area contributed by atoms with E-state index in [0.29, 0.717) is 10.6 Å². The lowest BCUT2D eigenvalue weighted by Gasteiger charge is -2.09. The van der Waals surface area contributed by atoms with Crippen molar-refractivity contribution >= 4 is 29.2 Å². The van der Waals surface area contributed by atoms with Gasteiger partial charge in [-0.2, -0.15) is 0 Å². The van der Waals surface area contributed by atoms with Gasteiger partial charge in [-0.15, -0.1) is 0 Å². The molecule has 2 rings (SSSR count). The zero-order chi connectivity index (χ0) is 15.4. The molecule has 0 saturated heterocycles. The van der Waals surface area contributed by atoms with E-state index in [2.05, 4.69) is 5.32 Å². The van der Waals surface area contributed by atoms with Crippen molar-refractivity contribution in [3.05, 3.63) is 64.4 Å². The van der Waals surface area contributed by atoms with Gasteiger partial charge in [-0.25, -0.2) is 9.18 Å². The third kappa shape index (κ3) is 3.79. The lowest BCUT2D eigenvalue weighted by molar-refractivity contribution is -0.115. The Morgan fingerprint density at radius 1 is 1.19 bits per heavy atom. The average Bonchev–Trinajstić information content (AvgIpc) is 2.40. The Morgan fingerprint density at radius 3 is 2.57 bits per heavy atom. The van der Waals surface area contributed by atoms with Crippen LogP contribution >= 0.6 is 11.6 Å². The van der Waals surface area contributed by atoms with E-state index in [1.54, 1.807) is 24.3 Å². The molecule has 0 aliphatic carbocycles. The van der Waals surface area contributed by atoms with Crippen LogP contribution in [0.25, 0.3) is 0 Å². The highest BCUT2D eigenvalue weighted by Crippen LogP contribution is 2.20. The predicted molar refractivity (Wildman–Crippen MR) is 77.1 cm³/mol. The van der Waals surface area contributed by atoms with Crippen molar-refractivity contribution in [2.24, 2.45) is 0 Å². The van der Waals surface area contributed by atoms with E-state index < -0.39 is 17.7 Å². The first-order chi connectivity index (χ1) is 9.97. The largest absolute Gasteiger partial charge is 0.478 e. The van der Waals surface area contributed by atoms with Crippen LogP contribution in [0.2, 0.25) is 5.02 Å². The summed E-state index contributed by atoms with van der Waals surface area (Å²) in [6.07, 6.45) is -0.0338. The lowest BCUT2D eigenvalue weighted by atomic mass is 10.1. The minimum Gasteiger partial charge on any atom is -0.478 e. The van der Waals surface area contributed by atoms with Gasteiger partial charge in [-0.05, 0) is 29.8 Å². The van der Waals surface area contributed by atoms with Gasteiger partial charge < -0.3 is 10.4 Å². The van der Waals surface area contributed by atoms with Crippen LogP contribution in [-0.2, 0) is 11.2 Å². The second-order valence-corrected chi connectivity index (χ2v) is 4.76. The van der Waals surface area contributed by atoms with Gasteiger partial charge in [-0.3, -0.25) is 4.79 Å². The molecule has 6 heteroatoms. The monoisotopic (exact) mass is 307 g/mol. The fourth-order valence-electron chi connectivity index (χ4n) is 1.85. The molecular formula is C15H11ClFNO3. The number of benzene rings is 2. The molecule has 0 aromatic heterocycles. The third-order valence-corrected chi connectivity index (χ3v) is 3.00. The molecule has 0 heterocycles. The summed E-state index contributed by atoms with van der Waals surface area (Å²) in [5.41, 5.74) is 0.0136. The van der Waals surface area contributed by atoms with E-state index in [9.17, 15) is 14.0 Å². The van der Waals surface area contributed by atoms with E-state index in [-0.39, 0.29) is 17.7 Å². The number of hydrogen-bond donors (Lipinski definition) is 2. The summed E-state index contributed by atoms with van der Waals surface area (Å²) in [5, 5.41) is 11.8. The Morgan fingerprint density at radius 2 is 1.90 bits per heavy atom. The average molecular weight is 308 g/mol. The van der Waals surface area contributed by atoms with E-state index in [4.69, 9.17) is 16.7 Å². The third-order valence-electron chi connectivity index (χ3n) is 2.76. The van der Waals surface area contributed by atoms with Gasteiger partial charge in [0.1, 0.15) is 5.82 Å². The number of carbonyl (C=O) groups excluding carboxylic acids is 1. The van der Waals surface area contributed by atoms with Crippen LogP contribution in [0.4, 0.5) is 10.1 Å². The molecule has 0 bridgehead atoms. The van der Waals surface area contributed by atoms with Gasteiger partial charge in [0.2, 0.25) is 5.91 Å². The molecule has 2 aromatic rings. The zero-order valence-electron chi connectivity index (χ0n) is 10.8. The molecule has 0 saturated carbocycles. The standard InChI is InChI=1S/C15H11ClFNO3/c16-10-4-1-3-9(7-10)8-13(19)18-14-11(15(20)21)5-2-6-12(14)17/h1-7H,8H2,(H,18,19)(H,20,21). The maximum Gasteiger partial charge on any atom is 0.337 e. The fraction of sp³-hybridized carbons (Fsp3) is 0.0667.